The molecule has 0 aromatic heterocycles. The molecule has 0 aliphatic rings. The van der Waals surface area contributed by atoms with Crippen LogP contribution < -0.4 is 15.4 Å². The van der Waals surface area contributed by atoms with Crippen LogP contribution >= 0.6 is 0 Å². The second-order valence-electron chi connectivity index (χ2n) is 6.96. The third-order valence-electron chi connectivity index (χ3n) is 4.49. The summed E-state index contributed by atoms with van der Waals surface area (Å²) in [5.74, 6) is -0.931. The zero-order valence-electron chi connectivity index (χ0n) is 16.9. The minimum absolute atomic E-state index is 0.0947. The molecule has 0 saturated heterocycles. The summed E-state index contributed by atoms with van der Waals surface area (Å²) in [7, 11) is 0. The average Bonchev–Trinajstić information content (AvgIpc) is 2.78. The van der Waals surface area contributed by atoms with Crippen molar-refractivity contribution >= 4 is 17.5 Å². The summed E-state index contributed by atoms with van der Waals surface area (Å²) in [5.41, 5.74) is 1.27. The van der Waals surface area contributed by atoms with E-state index in [-0.39, 0.29) is 23.8 Å². The molecule has 1 unspecified atom stereocenters. The van der Waals surface area contributed by atoms with Crippen LogP contribution in [0.2, 0.25) is 0 Å². The number of nitrogens with one attached hydrogen (secondary N) is 2. The highest BCUT2D eigenvalue weighted by Gasteiger charge is 2.29. The van der Waals surface area contributed by atoms with Gasteiger partial charge in [-0.25, -0.2) is 0 Å². The molecule has 166 valence electrons. The third-order valence-corrected chi connectivity index (χ3v) is 4.49. The molecule has 0 aliphatic heterocycles. The number of halogens is 3. The number of hydrogen-bond acceptors (Lipinski definition) is 3. The van der Waals surface area contributed by atoms with Crippen molar-refractivity contribution in [1.29, 1.82) is 0 Å². The fourth-order valence-corrected chi connectivity index (χ4v) is 3.01. The van der Waals surface area contributed by atoms with E-state index < -0.39 is 24.7 Å². The van der Waals surface area contributed by atoms with Gasteiger partial charge in [-0.15, -0.1) is 0 Å². The predicted octanol–water partition coefficient (Wildman–Crippen LogP) is 5.13. The molecule has 0 spiro atoms. The van der Waals surface area contributed by atoms with Crippen LogP contribution in [0.15, 0.2) is 84.9 Å². The minimum Gasteiger partial charge on any atom is -0.482 e. The Balaban J connectivity index is 1.73. The van der Waals surface area contributed by atoms with Crippen LogP contribution in [0.3, 0.4) is 0 Å². The van der Waals surface area contributed by atoms with Gasteiger partial charge in [-0.3, -0.25) is 9.59 Å². The molecule has 3 rings (SSSR count). The van der Waals surface area contributed by atoms with Gasteiger partial charge in [-0.1, -0.05) is 60.7 Å². The monoisotopic (exact) mass is 442 g/mol. The molecule has 0 fully saturated rings. The van der Waals surface area contributed by atoms with Gasteiger partial charge in [0.1, 0.15) is 5.75 Å². The van der Waals surface area contributed by atoms with Crippen molar-refractivity contribution in [2.45, 2.75) is 18.6 Å². The van der Waals surface area contributed by atoms with E-state index in [2.05, 4.69) is 10.6 Å². The number of carbonyl (C=O) groups excluding carboxylic acids is 2. The molecule has 5 nitrogen and oxygen atoms in total. The first-order chi connectivity index (χ1) is 15.3. The van der Waals surface area contributed by atoms with Gasteiger partial charge in [0, 0.05) is 5.56 Å². The molecule has 3 aromatic rings. The van der Waals surface area contributed by atoms with Gasteiger partial charge in [-0.2, -0.15) is 13.2 Å². The van der Waals surface area contributed by atoms with Gasteiger partial charge in [-0.05, 0) is 29.8 Å². The van der Waals surface area contributed by atoms with Gasteiger partial charge < -0.3 is 15.4 Å². The van der Waals surface area contributed by atoms with Crippen LogP contribution in [0.5, 0.6) is 5.75 Å². The molecule has 8 heteroatoms. The van der Waals surface area contributed by atoms with E-state index in [1.165, 1.54) is 18.2 Å². The lowest BCUT2D eigenvalue weighted by Crippen LogP contribution is -2.31. The summed E-state index contributed by atoms with van der Waals surface area (Å²) in [6.45, 7) is -1.47. The van der Waals surface area contributed by atoms with Crippen molar-refractivity contribution < 1.29 is 27.5 Å². The molecule has 0 bridgehead atoms. The number of carbonyl (C=O) groups is 2. The van der Waals surface area contributed by atoms with E-state index in [1.807, 2.05) is 6.07 Å². The molecule has 3 aromatic carbocycles. The number of amides is 2. The Morgan fingerprint density at radius 3 is 2.09 bits per heavy atom. The normalized spacial score (nSPS) is 12.0. The average molecular weight is 442 g/mol. The van der Waals surface area contributed by atoms with E-state index >= 15 is 0 Å². The Hall–Kier alpha value is -3.81. The molecular weight excluding hydrogens is 421 g/mol. The second kappa shape index (κ2) is 10.5. The molecule has 0 heterocycles. The van der Waals surface area contributed by atoms with Crippen molar-refractivity contribution in [3.63, 3.8) is 0 Å². The molecule has 0 aliphatic carbocycles. The van der Waals surface area contributed by atoms with Crippen molar-refractivity contribution in [1.82, 2.24) is 5.32 Å². The van der Waals surface area contributed by atoms with Crippen LogP contribution in [-0.2, 0) is 4.79 Å². The fraction of sp³-hybridized carbons (Fsp3) is 0.167. The quantitative estimate of drug-likeness (QED) is 0.508. The molecular formula is C24H21F3N2O3. The minimum atomic E-state index is -4.50. The lowest BCUT2D eigenvalue weighted by atomic mass is 10.0. The highest BCUT2D eigenvalue weighted by atomic mass is 19.4. The van der Waals surface area contributed by atoms with Gasteiger partial charge in [0.2, 0.25) is 5.91 Å². The first kappa shape index (κ1) is 22.9. The molecule has 0 radical (unpaired) electrons. The van der Waals surface area contributed by atoms with Crippen LogP contribution in [-0.4, -0.2) is 24.6 Å². The summed E-state index contributed by atoms with van der Waals surface area (Å²) in [6, 6.07) is 22.7. The first-order valence-electron chi connectivity index (χ1n) is 9.81. The summed E-state index contributed by atoms with van der Waals surface area (Å²) >= 11 is 0. The van der Waals surface area contributed by atoms with E-state index in [0.717, 1.165) is 0 Å². The number of hydrogen-bond donors (Lipinski definition) is 2. The number of anilines is 1. The summed E-state index contributed by atoms with van der Waals surface area (Å²) in [4.78, 5) is 25.4. The topological polar surface area (TPSA) is 67.4 Å². The SMILES string of the molecule is O=C(CC(NC(=O)c1ccccc1)c1ccccc1)Nc1ccccc1OCC(F)(F)F. The molecule has 2 N–H and O–H groups in total. The zero-order chi connectivity index (χ0) is 23.0. The number of ether oxygens (including phenoxy) is 1. The van der Waals surface area contributed by atoms with Crippen molar-refractivity contribution in [3.05, 3.63) is 96.1 Å². The van der Waals surface area contributed by atoms with Crippen LogP contribution in [0.25, 0.3) is 0 Å². The van der Waals surface area contributed by atoms with Gasteiger partial charge >= 0.3 is 6.18 Å². The van der Waals surface area contributed by atoms with Crippen LogP contribution in [0.4, 0.5) is 18.9 Å². The maximum absolute atomic E-state index is 12.7. The lowest BCUT2D eigenvalue weighted by Gasteiger charge is -2.20. The second-order valence-corrected chi connectivity index (χ2v) is 6.96. The number of benzene rings is 3. The first-order valence-corrected chi connectivity index (χ1v) is 9.81. The number of para-hydroxylation sites is 2. The third kappa shape index (κ3) is 6.87. The maximum atomic E-state index is 12.7. The lowest BCUT2D eigenvalue weighted by molar-refractivity contribution is -0.153. The van der Waals surface area contributed by atoms with Crippen molar-refractivity contribution in [3.8, 4) is 5.75 Å². The highest BCUT2D eigenvalue weighted by molar-refractivity contribution is 5.96. The zero-order valence-corrected chi connectivity index (χ0v) is 16.9. The molecule has 0 saturated carbocycles. The van der Waals surface area contributed by atoms with Gasteiger partial charge in [0.15, 0.2) is 6.61 Å². The smallest absolute Gasteiger partial charge is 0.422 e. The van der Waals surface area contributed by atoms with E-state index in [9.17, 15) is 22.8 Å². The van der Waals surface area contributed by atoms with Crippen molar-refractivity contribution in [2.75, 3.05) is 11.9 Å². The van der Waals surface area contributed by atoms with E-state index in [0.29, 0.717) is 11.1 Å². The van der Waals surface area contributed by atoms with E-state index in [4.69, 9.17) is 4.74 Å². The Kier molecular flexibility index (Phi) is 7.49. The Bertz CT molecular complexity index is 1040. The predicted molar refractivity (Wildman–Crippen MR) is 114 cm³/mol. The Labute approximate surface area is 183 Å². The van der Waals surface area contributed by atoms with E-state index in [1.54, 1.807) is 60.7 Å². The van der Waals surface area contributed by atoms with Crippen LogP contribution in [0.1, 0.15) is 28.4 Å². The fourth-order valence-electron chi connectivity index (χ4n) is 3.01. The Morgan fingerprint density at radius 1 is 0.844 bits per heavy atom. The summed E-state index contributed by atoms with van der Waals surface area (Å²) in [6.07, 6.45) is -4.63. The largest absolute Gasteiger partial charge is 0.482 e. The highest BCUT2D eigenvalue weighted by Crippen LogP contribution is 2.27. The van der Waals surface area contributed by atoms with Crippen LogP contribution in [0, 0.1) is 0 Å². The van der Waals surface area contributed by atoms with Gasteiger partial charge in [0.05, 0.1) is 18.2 Å². The summed E-state index contributed by atoms with van der Waals surface area (Å²) in [5, 5.41) is 5.42. The number of alkyl halides is 3. The maximum Gasteiger partial charge on any atom is 0.422 e. The standard InChI is InChI=1S/C24H21F3N2O3/c25-24(26,27)16-32-21-14-8-7-13-19(21)28-22(30)15-20(17-9-3-1-4-10-17)29-23(31)18-11-5-2-6-12-18/h1-14,20H,15-16H2,(H,28,30)(H,29,31). The Morgan fingerprint density at radius 2 is 1.44 bits per heavy atom. The molecule has 32 heavy (non-hydrogen) atoms. The molecule has 2 amide bonds. The van der Waals surface area contributed by atoms with Crippen molar-refractivity contribution in [2.24, 2.45) is 0 Å². The van der Waals surface area contributed by atoms with Gasteiger partial charge in [0.25, 0.3) is 5.91 Å². The summed E-state index contributed by atoms with van der Waals surface area (Å²) < 4.78 is 42.3. The number of rotatable bonds is 8. The molecule has 1 atom stereocenters.